The second-order valence-corrected chi connectivity index (χ2v) is 12.5. The normalized spacial score (nSPS) is 24.0. The summed E-state index contributed by atoms with van der Waals surface area (Å²) in [5.41, 5.74) is 2.71. The topological polar surface area (TPSA) is 133 Å². The van der Waals surface area contributed by atoms with E-state index in [2.05, 4.69) is 47.2 Å². The van der Waals surface area contributed by atoms with Crippen molar-refractivity contribution in [1.82, 2.24) is 33.8 Å². The molecule has 0 bridgehead atoms. The summed E-state index contributed by atoms with van der Waals surface area (Å²) in [6, 6.07) is 7.18. The van der Waals surface area contributed by atoms with E-state index in [0.29, 0.717) is 36.4 Å². The lowest BCUT2D eigenvalue weighted by Gasteiger charge is -2.23. The molecular weight excluding hydrogens is 542 g/mol. The second-order valence-electron chi connectivity index (χ2n) is 11.8. The maximum atomic E-state index is 13.5. The van der Waals surface area contributed by atoms with Gasteiger partial charge in [0.15, 0.2) is 11.3 Å². The number of pyridine rings is 2. The molecule has 3 aliphatic rings. The number of amides is 1. The minimum Gasteiger partial charge on any atom is -0.477 e. The van der Waals surface area contributed by atoms with E-state index in [9.17, 15) is 14.7 Å². The molecule has 0 radical (unpaired) electrons. The number of aromatic carboxylic acids is 1. The summed E-state index contributed by atoms with van der Waals surface area (Å²) in [6.07, 6.45) is 2.97. The van der Waals surface area contributed by atoms with Gasteiger partial charge in [-0.15, -0.1) is 5.10 Å². The highest BCUT2D eigenvalue weighted by Crippen LogP contribution is 2.38. The van der Waals surface area contributed by atoms with Gasteiger partial charge in [-0.1, -0.05) is 13.0 Å². The molecule has 0 spiro atoms. The van der Waals surface area contributed by atoms with Gasteiger partial charge in [0.1, 0.15) is 16.6 Å². The summed E-state index contributed by atoms with van der Waals surface area (Å²) in [7, 11) is 0. The molecule has 1 N–H and O–H groups in total. The van der Waals surface area contributed by atoms with Crippen LogP contribution in [0.3, 0.4) is 0 Å². The Labute approximate surface area is 240 Å². The Hall–Kier alpha value is -4.13. The lowest BCUT2D eigenvalue weighted by atomic mass is 9.91. The third-order valence-electron chi connectivity index (χ3n) is 8.73. The van der Waals surface area contributed by atoms with Crippen molar-refractivity contribution in [3.8, 4) is 0 Å². The molecule has 41 heavy (non-hydrogen) atoms. The maximum Gasteiger partial charge on any atom is 0.354 e. The van der Waals surface area contributed by atoms with Crippen molar-refractivity contribution in [3.63, 3.8) is 0 Å². The quantitative estimate of drug-likeness (QED) is 0.380. The lowest BCUT2D eigenvalue weighted by molar-refractivity contribution is 0.0689. The van der Waals surface area contributed by atoms with E-state index in [-0.39, 0.29) is 22.8 Å². The molecular formula is C28H31N9O3S. The number of rotatable bonds is 5. The molecule has 13 heteroatoms. The fourth-order valence-corrected chi connectivity index (χ4v) is 7.32. The van der Waals surface area contributed by atoms with Crippen LogP contribution in [0.4, 0.5) is 11.5 Å². The van der Waals surface area contributed by atoms with Gasteiger partial charge in [-0.3, -0.25) is 4.79 Å². The van der Waals surface area contributed by atoms with E-state index in [1.807, 2.05) is 31.0 Å². The number of carbonyl (C=O) groups excluding carboxylic acids is 1. The number of anilines is 2. The molecule has 1 amide bonds. The van der Waals surface area contributed by atoms with Gasteiger partial charge in [-0.2, -0.15) is 4.37 Å². The predicted octanol–water partition coefficient (Wildman–Crippen LogP) is 2.67. The minimum absolute atomic E-state index is 0.0402. The largest absolute Gasteiger partial charge is 0.477 e. The number of likely N-dealkylation sites (tertiary alicyclic amines) is 1. The third kappa shape index (κ3) is 4.48. The number of aromatic nitrogens is 6. The van der Waals surface area contributed by atoms with Crippen LogP contribution in [0.1, 0.15) is 50.8 Å². The van der Waals surface area contributed by atoms with Crippen LogP contribution in [0.5, 0.6) is 0 Å². The van der Waals surface area contributed by atoms with E-state index in [0.717, 1.165) is 54.7 Å². The van der Waals surface area contributed by atoms with Crippen molar-refractivity contribution in [1.29, 1.82) is 0 Å². The molecule has 3 aliphatic heterocycles. The van der Waals surface area contributed by atoms with Gasteiger partial charge < -0.3 is 19.8 Å². The van der Waals surface area contributed by atoms with Crippen LogP contribution >= 0.6 is 11.5 Å². The molecule has 7 rings (SSSR count). The summed E-state index contributed by atoms with van der Waals surface area (Å²) in [4.78, 5) is 44.7. The van der Waals surface area contributed by atoms with Crippen LogP contribution in [0.25, 0.3) is 5.65 Å². The van der Waals surface area contributed by atoms with E-state index in [1.165, 1.54) is 17.6 Å². The van der Waals surface area contributed by atoms with Crippen LogP contribution in [-0.2, 0) is 5.41 Å². The first-order valence-corrected chi connectivity index (χ1v) is 14.6. The number of carboxylic acids is 1. The number of carbonyl (C=O) groups is 2. The highest BCUT2D eigenvalue weighted by molar-refractivity contribution is 7.05. The molecule has 4 aromatic rings. The second kappa shape index (κ2) is 9.47. The van der Waals surface area contributed by atoms with E-state index in [4.69, 9.17) is 0 Å². The van der Waals surface area contributed by atoms with E-state index in [1.54, 1.807) is 10.6 Å². The number of carboxylic acid groups (broad SMARTS) is 1. The summed E-state index contributed by atoms with van der Waals surface area (Å²) >= 11 is 1.49. The Morgan fingerprint density at radius 1 is 1.05 bits per heavy atom. The summed E-state index contributed by atoms with van der Waals surface area (Å²) in [5.74, 6) is 1.11. The summed E-state index contributed by atoms with van der Waals surface area (Å²) in [5, 5.41) is 15.0. The van der Waals surface area contributed by atoms with Crippen LogP contribution in [0.15, 0.2) is 30.5 Å². The zero-order valence-electron chi connectivity index (χ0n) is 23.2. The van der Waals surface area contributed by atoms with E-state index < -0.39 is 5.97 Å². The molecule has 1 unspecified atom stereocenters. The van der Waals surface area contributed by atoms with Crippen molar-refractivity contribution in [2.75, 3.05) is 49.1 Å². The van der Waals surface area contributed by atoms with Gasteiger partial charge in [0.05, 0.1) is 11.9 Å². The first-order valence-electron chi connectivity index (χ1n) is 13.8. The van der Waals surface area contributed by atoms with Gasteiger partial charge in [-0.25, -0.2) is 24.3 Å². The Bertz CT molecular complexity index is 1670. The summed E-state index contributed by atoms with van der Waals surface area (Å²) in [6.45, 7) is 10.6. The van der Waals surface area contributed by atoms with Crippen LogP contribution < -0.4 is 9.80 Å². The van der Waals surface area contributed by atoms with Gasteiger partial charge in [-0.05, 0) is 55.6 Å². The number of hydrogen-bond donors (Lipinski definition) is 1. The summed E-state index contributed by atoms with van der Waals surface area (Å²) < 4.78 is 6.12. The van der Waals surface area contributed by atoms with Crippen LogP contribution in [0, 0.1) is 25.7 Å². The molecule has 212 valence electrons. The maximum absolute atomic E-state index is 13.5. The minimum atomic E-state index is -1.03. The molecule has 3 fully saturated rings. The highest BCUT2D eigenvalue weighted by atomic mass is 32.1. The number of fused-ring (bicyclic) bond motifs is 2. The Morgan fingerprint density at radius 3 is 2.54 bits per heavy atom. The molecule has 7 heterocycles. The van der Waals surface area contributed by atoms with Crippen molar-refractivity contribution >= 4 is 40.6 Å². The van der Waals surface area contributed by atoms with Crippen molar-refractivity contribution in [3.05, 3.63) is 58.4 Å². The van der Waals surface area contributed by atoms with Crippen LogP contribution in [0.2, 0.25) is 0 Å². The monoisotopic (exact) mass is 573 g/mol. The molecule has 0 aromatic carbocycles. The Balaban J connectivity index is 1.05. The smallest absolute Gasteiger partial charge is 0.354 e. The third-order valence-corrected chi connectivity index (χ3v) is 9.84. The molecule has 0 aliphatic carbocycles. The average Bonchev–Trinajstić information content (AvgIpc) is 3.76. The first kappa shape index (κ1) is 25.8. The van der Waals surface area contributed by atoms with Gasteiger partial charge in [0, 0.05) is 56.5 Å². The average molecular weight is 574 g/mol. The van der Waals surface area contributed by atoms with Gasteiger partial charge in [0.2, 0.25) is 5.82 Å². The molecule has 12 nitrogen and oxygen atoms in total. The molecule has 4 aromatic heterocycles. The van der Waals surface area contributed by atoms with Gasteiger partial charge in [0.25, 0.3) is 5.91 Å². The Kier molecular flexibility index (Phi) is 5.96. The zero-order valence-corrected chi connectivity index (χ0v) is 24.0. The molecule has 0 saturated carbocycles. The van der Waals surface area contributed by atoms with Gasteiger partial charge >= 0.3 is 5.97 Å². The number of aryl methyl sites for hydroxylation is 2. The standard InChI is InChI=1S/C28H31N9O3S/c1-16-9-20(34-8-7-28(3,15-34)27-29-17(2)33-41-27)14-37-24(16)31-23(32-37)25(38)36-12-18-10-35(11-19(18)13-36)22-6-4-5-21(30-22)26(39)40/h4-6,9,14,18-19H,7-8,10-13,15H2,1-3H3,(H,39,40)/t18-,19+,28?. The number of hydrogen-bond acceptors (Lipinski definition) is 10. The lowest BCUT2D eigenvalue weighted by Crippen LogP contribution is -2.34. The fraction of sp³-hybridized carbons (Fsp3) is 0.464. The molecule has 3 saturated heterocycles. The molecule has 3 atom stereocenters. The van der Waals surface area contributed by atoms with Crippen molar-refractivity contribution in [2.45, 2.75) is 32.6 Å². The van der Waals surface area contributed by atoms with Crippen molar-refractivity contribution in [2.24, 2.45) is 11.8 Å². The van der Waals surface area contributed by atoms with Crippen molar-refractivity contribution < 1.29 is 14.7 Å². The number of nitrogens with zero attached hydrogens (tertiary/aromatic N) is 9. The Morgan fingerprint density at radius 2 is 1.83 bits per heavy atom. The first-order chi connectivity index (χ1) is 19.7. The van der Waals surface area contributed by atoms with E-state index >= 15 is 0 Å². The highest BCUT2D eigenvalue weighted by Gasteiger charge is 2.43. The zero-order chi connectivity index (χ0) is 28.5. The van der Waals surface area contributed by atoms with Crippen LogP contribution in [-0.4, -0.2) is 90.1 Å². The fourth-order valence-electron chi connectivity index (χ4n) is 6.50. The predicted molar refractivity (Wildman–Crippen MR) is 153 cm³/mol. The SMILES string of the molecule is Cc1nsc(C2(C)CCN(c3cc(C)c4nc(C(=O)N5C[C@@H]6CN(c7cccc(C(=O)O)n7)C[C@@H]6C5)nn4c3)C2)n1.